The number of aromatic nitrogens is 3. The van der Waals surface area contributed by atoms with E-state index < -0.39 is 0 Å². The topological polar surface area (TPSA) is 30.7 Å². The van der Waals surface area contributed by atoms with Crippen LogP contribution in [0.4, 0.5) is 0 Å². The fourth-order valence-electron chi connectivity index (χ4n) is 9.57. The Bertz CT molecular complexity index is 3480. The van der Waals surface area contributed by atoms with Crippen LogP contribution >= 0.6 is 0 Å². The first kappa shape index (κ1) is 32.8. The molecule has 272 valence electrons. The van der Waals surface area contributed by atoms with Crippen molar-refractivity contribution in [3.05, 3.63) is 199 Å². The molecule has 0 saturated heterocycles. The van der Waals surface area contributed by atoms with Crippen molar-refractivity contribution < 1.29 is 0 Å². The molecule has 0 atom stereocenters. The summed E-state index contributed by atoms with van der Waals surface area (Å²) < 4.78 is 2.43. The summed E-state index contributed by atoms with van der Waals surface area (Å²) in [5, 5.41) is 7.29. The largest absolute Gasteiger partial charge is 0.309 e. The second kappa shape index (κ2) is 12.3. The van der Waals surface area contributed by atoms with Crippen molar-refractivity contribution in [1.82, 2.24) is 14.5 Å². The van der Waals surface area contributed by atoms with Crippen molar-refractivity contribution >= 4 is 54.4 Å². The highest BCUT2D eigenvalue weighted by molar-refractivity contribution is 6.14. The predicted molar refractivity (Wildman–Crippen MR) is 243 cm³/mol. The summed E-state index contributed by atoms with van der Waals surface area (Å²) in [6.45, 7) is 4.66. The van der Waals surface area contributed by atoms with Gasteiger partial charge in [0.2, 0.25) is 0 Å². The molecule has 0 radical (unpaired) electrons. The van der Waals surface area contributed by atoms with Crippen molar-refractivity contribution in [2.45, 2.75) is 19.3 Å². The Morgan fingerprint density at radius 2 is 1.00 bits per heavy atom. The van der Waals surface area contributed by atoms with E-state index in [1.807, 2.05) is 12.1 Å². The summed E-state index contributed by atoms with van der Waals surface area (Å²) in [5.74, 6) is 0. The summed E-state index contributed by atoms with van der Waals surface area (Å²) in [6, 6.07) is 68.4. The van der Waals surface area contributed by atoms with E-state index in [1.165, 1.54) is 71.3 Å². The van der Waals surface area contributed by atoms with E-state index in [-0.39, 0.29) is 5.41 Å². The molecule has 1 aliphatic carbocycles. The van der Waals surface area contributed by atoms with E-state index in [2.05, 4.69) is 194 Å². The first-order chi connectivity index (χ1) is 28.5. The van der Waals surface area contributed by atoms with Crippen LogP contribution in [0, 0.1) is 0 Å². The second-order valence-corrected chi connectivity index (χ2v) is 16.2. The van der Waals surface area contributed by atoms with Crippen molar-refractivity contribution in [1.29, 1.82) is 0 Å². The van der Waals surface area contributed by atoms with Gasteiger partial charge >= 0.3 is 0 Å². The Balaban J connectivity index is 1.05. The minimum absolute atomic E-state index is 0.117. The van der Waals surface area contributed by atoms with Crippen LogP contribution < -0.4 is 0 Å². The maximum Gasteiger partial charge on any atom is 0.0973 e. The average Bonchev–Trinajstić information content (AvgIpc) is 3.71. The van der Waals surface area contributed by atoms with Gasteiger partial charge in [0.1, 0.15) is 0 Å². The quantitative estimate of drug-likeness (QED) is 0.180. The van der Waals surface area contributed by atoms with Crippen LogP contribution in [0.15, 0.2) is 188 Å². The fraction of sp³-hybridized carbons (Fsp3) is 0.0545. The van der Waals surface area contributed by atoms with E-state index in [9.17, 15) is 0 Å². The van der Waals surface area contributed by atoms with Crippen molar-refractivity contribution in [3.63, 3.8) is 0 Å². The molecule has 1 aliphatic rings. The molecule has 2 heterocycles. The van der Waals surface area contributed by atoms with Crippen molar-refractivity contribution in [2.75, 3.05) is 0 Å². The van der Waals surface area contributed by atoms with Gasteiger partial charge in [0, 0.05) is 33.0 Å². The van der Waals surface area contributed by atoms with Gasteiger partial charge in [-0.25, -0.2) is 9.97 Å². The van der Waals surface area contributed by atoms with Crippen LogP contribution in [0.3, 0.4) is 0 Å². The zero-order chi connectivity index (χ0) is 38.5. The third-order valence-electron chi connectivity index (χ3n) is 12.5. The van der Waals surface area contributed by atoms with Gasteiger partial charge in [0.05, 0.1) is 33.5 Å². The van der Waals surface area contributed by atoms with Crippen molar-refractivity contribution in [3.8, 4) is 50.5 Å². The number of rotatable bonds is 4. The lowest BCUT2D eigenvalue weighted by molar-refractivity contribution is 0.660. The van der Waals surface area contributed by atoms with Gasteiger partial charge in [-0.3, -0.25) is 0 Å². The molecule has 0 saturated carbocycles. The standard InChI is InChI=1S/C55H37N3/c1-55(2)47-17-9-8-16-43(47)44-26-23-40(32-48(44)55)54-53(56-49-18-10-11-19-50(49)57-54)39-21-20-35-22-25-42(29-41(35)28-39)58-51-27-24-38(34-12-4-3-5-13-34)31-45(51)46-30-36-14-6-7-15-37(36)33-52(46)58/h3-33H,1-2H3. The Hall–Kier alpha value is -7.36. The smallest absolute Gasteiger partial charge is 0.0973 e. The Morgan fingerprint density at radius 3 is 1.81 bits per heavy atom. The molecule has 0 aliphatic heterocycles. The number of para-hydroxylation sites is 2. The van der Waals surface area contributed by atoms with Crippen molar-refractivity contribution in [2.24, 2.45) is 0 Å². The van der Waals surface area contributed by atoms with E-state index in [4.69, 9.17) is 9.97 Å². The van der Waals surface area contributed by atoms with Gasteiger partial charge in [-0.15, -0.1) is 0 Å². The zero-order valence-corrected chi connectivity index (χ0v) is 32.2. The molecule has 0 bridgehead atoms. The minimum atomic E-state index is -0.117. The first-order valence-corrected chi connectivity index (χ1v) is 20.1. The monoisotopic (exact) mass is 739 g/mol. The molecule has 0 fully saturated rings. The fourth-order valence-corrected chi connectivity index (χ4v) is 9.57. The summed E-state index contributed by atoms with van der Waals surface area (Å²) in [6.07, 6.45) is 0. The average molecular weight is 740 g/mol. The van der Waals surface area contributed by atoms with Crippen LogP contribution in [-0.2, 0) is 5.41 Å². The Kier molecular flexibility index (Phi) is 6.98. The van der Waals surface area contributed by atoms with Gasteiger partial charge in [0.15, 0.2) is 0 Å². The molecule has 11 aromatic rings. The summed E-state index contributed by atoms with van der Waals surface area (Å²) >= 11 is 0. The lowest BCUT2D eigenvalue weighted by Gasteiger charge is -2.22. The van der Waals surface area contributed by atoms with E-state index in [1.54, 1.807) is 0 Å². The second-order valence-electron chi connectivity index (χ2n) is 16.2. The van der Waals surface area contributed by atoms with Gasteiger partial charge in [0.25, 0.3) is 0 Å². The molecule has 0 unspecified atom stereocenters. The van der Waals surface area contributed by atoms with Crippen LogP contribution in [0.1, 0.15) is 25.0 Å². The lowest BCUT2D eigenvalue weighted by Crippen LogP contribution is -2.15. The molecular weight excluding hydrogens is 703 g/mol. The molecule has 3 nitrogen and oxygen atoms in total. The predicted octanol–water partition coefficient (Wildman–Crippen LogP) is 14.3. The molecule has 9 aromatic carbocycles. The molecule has 12 rings (SSSR count). The number of hydrogen-bond acceptors (Lipinski definition) is 2. The first-order valence-electron chi connectivity index (χ1n) is 20.1. The molecule has 58 heavy (non-hydrogen) atoms. The van der Waals surface area contributed by atoms with E-state index in [0.29, 0.717) is 0 Å². The van der Waals surface area contributed by atoms with Crippen LogP contribution in [0.25, 0.3) is 105 Å². The third kappa shape index (κ3) is 4.93. The summed E-state index contributed by atoms with van der Waals surface area (Å²) in [5.41, 5.74) is 16.8. The normalized spacial score (nSPS) is 13.1. The van der Waals surface area contributed by atoms with Gasteiger partial charge < -0.3 is 4.57 Å². The van der Waals surface area contributed by atoms with E-state index >= 15 is 0 Å². The van der Waals surface area contributed by atoms with Gasteiger partial charge in [-0.1, -0.05) is 141 Å². The van der Waals surface area contributed by atoms with Gasteiger partial charge in [-0.05, 0) is 116 Å². The Labute approximate surface area is 336 Å². The van der Waals surface area contributed by atoms with Gasteiger partial charge in [-0.2, -0.15) is 0 Å². The van der Waals surface area contributed by atoms with Crippen LogP contribution in [0.2, 0.25) is 0 Å². The summed E-state index contributed by atoms with van der Waals surface area (Å²) in [7, 11) is 0. The highest BCUT2D eigenvalue weighted by Crippen LogP contribution is 2.50. The molecule has 0 N–H and O–H groups in total. The number of hydrogen-bond donors (Lipinski definition) is 0. The lowest BCUT2D eigenvalue weighted by atomic mass is 9.81. The summed E-state index contributed by atoms with van der Waals surface area (Å²) in [4.78, 5) is 10.7. The highest BCUT2D eigenvalue weighted by atomic mass is 15.0. The zero-order valence-electron chi connectivity index (χ0n) is 32.2. The molecule has 0 amide bonds. The molecular formula is C55H37N3. The SMILES string of the molecule is CC1(C)c2ccccc2-c2ccc(-c3nc4ccccc4nc3-c3ccc4ccc(-n5c6ccc(-c7ccccc7)cc6c6cc7ccccc7cc65)cc4c3)cc21. The molecule has 3 heteroatoms. The van der Waals surface area contributed by atoms with Crippen LogP contribution in [0.5, 0.6) is 0 Å². The Morgan fingerprint density at radius 1 is 0.379 bits per heavy atom. The maximum atomic E-state index is 5.35. The minimum Gasteiger partial charge on any atom is -0.309 e. The highest BCUT2D eigenvalue weighted by Gasteiger charge is 2.35. The number of nitrogens with zero attached hydrogens (tertiary/aromatic N) is 3. The third-order valence-corrected chi connectivity index (χ3v) is 12.5. The van der Waals surface area contributed by atoms with Crippen LogP contribution in [-0.4, -0.2) is 14.5 Å². The maximum absolute atomic E-state index is 5.35. The molecule has 2 aromatic heterocycles. The van der Waals surface area contributed by atoms with E-state index in [0.717, 1.165) is 44.6 Å². The number of fused-ring (bicyclic) bond motifs is 9. The number of benzene rings is 9. The molecule has 0 spiro atoms.